The Hall–Kier alpha value is -2.22. The Balaban J connectivity index is 1.39. The van der Waals surface area contributed by atoms with Crippen molar-refractivity contribution in [3.8, 4) is 0 Å². The molecule has 0 unspecified atom stereocenters. The van der Waals surface area contributed by atoms with Gasteiger partial charge in [0.15, 0.2) is 0 Å². The highest BCUT2D eigenvalue weighted by molar-refractivity contribution is 7.88. The van der Waals surface area contributed by atoms with Crippen molar-refractivity contribution in [1.82, 2.24) is 14.5 Å². The lowest BCUT2D eigenvalue weighted by Crippen LogP contribution is -2.51. The van der Waals surface area contributed by atoms with Crippen molar-refractivity contribution in [2.24, 2.45) is 0 Å². The van der Waals surface area contributed by atoms with Crippen LogP contribution < -0.4 is 5.32 Å². The monoisotopic (exact) mass is 429 g/mol. The summed E-state index contributed by atoms with van der Waals surface area (Å²) < 4.78 is 26.8. The van der Waals surface area contributed by atoms with Gasteiger partial charge in [-0.3, -0.25) is 9.69 Å². The van der Waals surface area contributed by atoms with Crippen LogP contribution in [0, 0.1) is 0 Å². The SMILES string of the molecule is C[C@H](CCc1ccccc1)NC(=O)CN1CCN(S(=O)(=O)Cc2ccccc2)CC1. The van der Waals surface area contributed by atoms with Gasteiger partial charge in [-0.25, -0.2) is 8.42 Å². The fourth-order valence-corrected chi connectivity index (χ4v) is 5.18. The van der Waals surface area contributed by atoms with Gasteiger partial charge in [-0.05, 0) is 30.9 Å². The minimum absolute atomic E-state index is 0.00356. The molecule has 1 N–H and O–H groups in total. The molecule has 2 aromatic carbocycles. The molecule has 0 spiro atoms. The van der Waals surface area contributed by atoms with Gasteiger partial charge >= 0.3 is 0 Å². The zero-order valence-corrected chi connectivity index (χ0v) is 18.4. The van der Waals surface area contributed by atoms with Crippen LogP contribution in [-0.2, 0) is 27.0 Å². The molecule has 1 aliphatic heterocycles. The number of rotatable bonds is 9. The number of nitrogens with one attached hydrogen (secondary N) is 1. The highest BCUT2D eigenvalue weighted by atomic mass is 32.2. The van der Waals surface area contributed by atoms with Gasteiger partial charge in [-0.1, -0.05) is 60.7 Å². The molecule has 6 nitrogen and oxygen atoms in total. The maximum absolute atomic E-state index is 12.6. The number of benzene rings is 2. The number of piperazine rings is 1. The van der Waals surface area contributed by atoms with Crippen LogP contribution in [0.25, 0.3) is 0 Å². The largest absolute Gasteiger partial charge is 0.353 e. The number of hydrogen-bond acceptors (Lipinski definition) is 4. The van der Waals surface area contributed by atoms with Gasteiger partial charge in [0.05, 0.1) is 12.3 Å². The summed E-state index contributed by atoms with van der Waals surface area (Å²) in [7, 11) is -3.33. The van der Waals surface area contributed by atoms with E-state index in [-0.39, 0.29) is 17.7 Å². The number of carbonyl (C=O) groups is 1. The lowest BCUT2D eigenvalue weighted by Gasteiger charge is -2.33. The third kappa shape index (κ3) is 6.93. The molecule has 1 heterocycles. The first-order valence-corrected chi connectivity index (χ1v) is 12.1. The molecule has 30 heavy (non-hydrogen) atoms. The van der Waals surface area contributed by atoms with Gasteiger partial charge in [-0.2, -0.15) is 4.31 Å². The molecule has 1 aliphatic rings. The van der Waals surface area contributed by atoms with Crippen LogP contribution in [0.5, 0.6) is 0 Å². The molecule has 0 radical (unpaired) electrons. The summed E-state index contributed by atoms with van der Waals surface area (Å²) >= 11 is 0. The number of carbonyl (C=O) groups excluding carboxylic acids is 1. The van der Waals surface area contributed by atoms with Crippen LogP contribution in [0.2, 0.25) is 0 Å². The summed E-state index contributed by atoms with van der Waals surface area (Å²) in [6.07, 6.45) is 1.82. The highest BCUT2D eigenvalue weighted by Gasteiger charge is 2.27. The van der Waals surface area contributed by atoms with Crippen LogP contribution in [0.4, 0.5) is 0 Å². The highest BCUT2D eigenvalue weighted by Crippen LogP contribution is 2.13. The molecule has 1 atom stereocenters. The number of hydrogen-bond donors (Lipinski definition) is 1. The Bertz CT molecular complexity index is 896. The fourth-order valence-electron chi connectivity index (χ4n) is 3.67. The minimum atomic E-state index is -3.33. The third-order valence-corrected chi connectivity index (χ3v) is 7.25. The number of sulfonamides is 1. The molecule has 7 heteroatoms. The molecular weight excluding hydrogens is 398 g/mol. The first kappa shape index (κ1) is 22.5. The summed E-state index contributed by atoms with van der Waals surface area (Å²) in [5.41, 5.74) is 2.07. The van der Waals surface area contributed by atoms with E-state index < -0.39 is 10.0 Å². The first-order valence-electron chi connectivity index (χ1n) is 10.5. The lowest BCUT2D eigenvalue weighted by atomic mass is 10.1. The van der Waals surface area contributed by atoms with Gasteiger partial charge in [-0.15, -0.1) is 0 Å². The van der Waals surface area contributed by atoms with E-state index in [1.807, 2.05) is 60.4 Å². The molecule has 0 aromatic heterocycles. The topological polar surface area (TPSA) is 69.7 Å². The maximum Gasteiger partial charge on any atom is 0.234 e. The Morgan fingerprint density at radius 3 is 2.10 bits per heavy atom. The Kier molecular flexibility index (Phi) is 8.01. The van der Waals surface area contributed by atoms with E-state index in [0.29, 0.717) is 32.7 Å². The fraction of sp³-hybridized carbons (Fsp3) is 0.435. The van der Waals surface area contributed by atoms with Gasteiger partial charge in [0.25, 0.3) is 0 Å². The molecule has 1 fully saturated rings. The molecule has 1 amide bonds. The third-order valence-electron chi connectivity index (χ3n) is 5.40. The van der Waals surface area contributed by atoms with E-state index in [0.717, 1.165) is 18.4 Å². The molecule has 0 saturated carbocycles. The van der Waals surface area contributed by atoms with Gasteiger partial charge < -0.3 is 5.32 Å². The number of nitrogens with zero attached hydrogens (tertiary/aromatic N) is 2. The second-order valence-corrected chi connectivity index (χ2v) is 9.88. The molecule has 3 rings (SSSR count). The molecule has 1 saturated heterocycles. The van der Waals surface area contributed by atoms with E-state index in [4.69, 9.17) is 0 Å². The lowest BCUT2D eigenvalue weighted by molar-refractivity contribution is -0.123. The average Bonchev–Trinajstić information content (AvgIpc) is 2.74. The van der Waals surface area contributed by atoms with Crippen molar-refractivity contribution >= 4 is 15.9 Å². The summed E-state index contributed by atoms with van der Waals surface area (Å²) in [6, 6.07) is 19.6. The summed E-state index contributed by atoms with van der Waals surface area (Å²) in [6.45, 7) is 4.31. The normalized spacial score (nSPS) is 16.8. The van der Waals surface area contributed by atoms with Crippen molar-refractivity contribution in [2.45, 2.75) is 31.6 Å². The van der Waals surface area contributed by atoms with E-state index >= 15 is 0 Å². The second kappa shape index (κ2) is 10.7. The average molecular weight is 430 g/mol. The van der Waals surface area contributed by atoms with E-state index in [1.165, 1.54) is 9.87 Å². The van der Waals surface area contributed by atoms with E-state index in [1.54, 1.807) is 0 Å². The van der Waals surface area contributed by atoms with E-state index in [2.05, 4.69) is 17.4 Å². The van der Waals surface area contributed by atoms with E-state index in [9.17, 15) is 13.2 Å². The number of aryl methyl sites for hydroxylation is 1. The maximum atomic E-state index is 12.6. The molecule has 2 aromatic rings. The predicted octanol–water partition coefficient (Wildman–Crippen LogP) is 2.27. The van der Waals surface area contributed by atoms with Crippen LogP contribution in [-0.4, -0.2) is 62.3 Å². The Morgan fingerprint density at radius 1 is 0.933 bits per heavy atom. The summed E-state index contributed by atoms with van der Waals surface area (Å²) in [4.78, 5) is 14.4. The van der Waals surface area contributed by atoms with Gasteiger partial charge in [0.1, 0.15) is 0 Å². The summed E-state index contributed by atoms with van der Waals surface area (Å²) in [5, 5.41) is 3.06. The van der Waals surface area contributed by atoms with Crippen molar-refractivity contribution in [3.05, 3.63) is 71.8 Å². The van der Waals surface area contributed by atoms with Crippen molar-refractivity contribution in [1.29, 1.82) is 0 Å². The second-order valence-electron chi connectivity index (χ2n) is 7.91. The Morgan fingerprint density at radius 2 is 1.50 bits per heavy atom. The van der Waals surface area contributed by atoms with Gasteiger partial charge in [0, 0.05) is 32.2 Å². The standard InChI is InChI=1S/C23H31N3O3S/c1-20(12-13-21-8-4-2-5-9-21)24-23(27)18-25-14-16-26(17-15-25)30(28,29)19-22-10-6-3-7-11-22/h2-11,20H,12-19H2,1H3,(H,24,27)/t20-/m1/s1. The van der Waals surface area contributed by atoms with Crippen LogP contribution in [0.3, 0.4) is 0 Å². The molecule has 0 bridgehead atoms. The van der Waals surface area contributed by atoms with Crippen molar-refractivity contribution in [3.63, 3.8) is 0 Å². The molecular formula is C23H31N3O3S. The zero-order chi connectivity index (χ0) is 21.4. The molecule has 0 aliphatic carbocycles. The van der Waals surface area contributed by atoms with Crippen LogP contribution in [0.15, 0.2) is 60.7 Å². The quantitative estimate of drug-likeness (QED) is 0.664. The minimum Gasteiger partial charge on any atom is -0.353 e. The van der Waals surface area contributed by atoms with Gasteiger partial charge in [0.2, 0.25) is 15.9 Å². The van der Waals surface area contributed by atoms with Crippen LogP contribution >= 0.6 is 0 Å². The van der Waals surface area contributed by atoms with Crippen molar-refractivity contribution < 1.29 is 13.2 Å². The van der Waals surface area contributed by atoms with Crippen molar-refractivity contribution in [2.75, 3.05) is 32.7 Å². The predicted molar refractivity (Wildman–Crippen MR) is 119 cm³/mol. The summed E-state index contributed by atoms with van der Waals surface area (Å²) in [5.74, 6) is 0.0175. The molecule has 162 valence electrons. The first-order chi connectivity index (χ1) is 14.4. The zero-order valence-electron chi connectivity index (χ0n) is 17.5. The Labute approximate surface area is 179 Å². The smallest absolute Gasteiger partial charge is 0.234 e. The van der Waals surface area contributed by atoms with Crippen LogP contribution in [0.1, 0.15) is 24.5 Å². The number of amides is 1.